The molecule has 0 saturated heterocycles. The van der Waals surface area contributed by atoms with E-state index in [4.69, 9.17) is 4.74 Å². The highest BCUT2D eigenvalue weighted by Gasteiger charge is 2.30. The Morgan fingerprint density at radius 3 is 2.65 bits per heavy atom. The van der Waals surface area contributed by atoms with E-state index in [1.54, 1.807) is 49.6 Å². The second kappa shape index (κ2) is 10.5. The van der Waals surface area contributed by atoms with Crippen LogP contribution in [0.1, 0.15) is 27.0 Å². The second-order valence-electron chi connectivity index (χ2n) is 8.08. The molecular formula is C27H24F2N6O2. The molecule has 0 unspecified atom stereocenters. The first-order valence-electron chi connectivity index (χ1n) is 11.3. The molecule has 2 N–H and O–H groups in total. The number of hydrogen-bond donors (Lipinski definition) is 2. The number of allylic oxidation sites excluding steroid dienone is 1. The summed E-state index contributed by atoms with van der Waals surface area (Å²) in [4.78, 5) is 29.9. The predicted molar refractivity (Wildman–Crippen MR) is 137 cm³/mol. The van der Waals surface area contributed by atoms with Gasteiger partial charge >= 0.3 is 0 Å². The SMILES string of the molecule is C=CC(F)(F)c1cccc(NC(=O)c2ccc(C)c(Oc3ncccc3-c3ncnc(NC)n3)c2)c1C. The third-order valence-corrected chi connectivity index (χ3v) is 5.66. The maximum atomic E-state index is 14.2. The molecule has 0 radical (unpaired) electrons. The fourth-order valence-electron chi connectivity index (χ4n) is 3.58. The van der Waals surface area contributed by atoms with Crippen LogP contribution < -0.4 is 15.4 Å². The maximum absolute atomic E-state index is 14.2. The molecule has 2 aromatic carbocycles. The molecule has 37 heavy (non-hydrogen) atoms. The van der Waals surface area contributed by atoms with Crippen LogP contribution in [0.25, 0.3) is 11.4 Å². The summed E-state index contributed by atoms with van der Waals surface area (Å²) in [6, 6.07) is 12.7. The molecule has 1 amide bonds. The van der Waals surface area contributed by atoms with E-state index in [2.05, 4.69) is 37.1 Å². The molecular weight excluding hydrogens is 478 g/mol. The van der Waals surface area contributed by atoms with Gasteiger partial charge in [0.2, 0.25) is 11.8 Å². The van der Waals surface area contributed by atoms with Crippen molar-refractivity contribution in [2.45, 2.75) is 19.8 Å². The molecule has 10 heteroatoms. The van der Waals surface area contributed by atoms with Gasteiger partial charge in [-0.3, -0.25) is 4.79 Å². The number of carbonyl (C=O) groups is 1. The maximum Gasteiger partial charge on any atom is 0.291 e. The van der Waals surface area contributed by atoms with Gasteiger partial charge in [0.05, 0.1) is 5.56 Å². The molecule has 0 aliphatic rings. The van der Waals surface area contributed by atoms with Crippen molar-refractivity contribution in [1.29, 1.82) is 0 Å². The van der Waals surface area contributed by atoms with E-state index in [1.807, 2.05) is 6.92 Å². The number of aromatic nitrogens is 4. The molecule has 0 fully saturated rings. The fraction of sp³-hybridized carbons (Fsp3) is 0.148. The van der Waals surface area contributed by atoms with Crippen LogP contribution in [0, 0.1) is 13.8 Å². The molecule has 0 aliphatic heterocycles. The Balaban J connectivity index is 1.62. The van der Waals surface area contributed by atoms with Gasteiger partial charge in [0.25, 0.3) is 11.8 Å². The number of anilines is 2. The van der Waals surface area contributed by atoms with Gasteiger partial charge in [0.1, 0.15) is 12.1 Å². The molecule has 0 aliphatic carbocycles. The van der Waals surface area contributed by atoms with Gasteiger partial charge in [0.15, 0.2) is 5.82 Å². The van der Waals surface area contributed by atoms with Gasteiger partial charge < -0.3 is 15.4 Å². The smallest absolute Gasteiger partial charge is 0.291 e. The van der Waals surface area contributed by atoms with E-state index < -0.39 is 11.8 Å². The standard InChI is InChI=1S/C27H24F2N6O2/c1-5-27(28,29)20-9-6-10-21(17(20)3)34-24(36)18-12-11-16(2)22(14-18)37-25-19(8-7-13-31-25)23-32-15-33-26(30-4)35-23/h5-15H,1H2,2-4H3,(H,34,36)(H,30,32,33,35). The Hall–Kier alpha value is -4.73. The Morgan fingerprint density at radius 2 is 1.89 bits per heavy atom. The number of rotatable bonds is 8. The van der Waals surface area contributed by atoms with Crippen LogP contribution in [-0.2, 0) is 5.92 Å². The highest BCUT2D eigenvalue weighted by molar-refractivity contribution is 6.05. The lowest BCUT2D eigenvalue weighted by atomic mass is 10.0. The van der Waals surface area contributed by atoms with Crippen LogP contribution in [-0.4, -0.2) is 32.9 Å². The largest absolute Gasteiger partial charge is 0.438 e. The van der Waals surface area contributed by atoms with Crippen molar-refractivity contribution in [3.8, 4) is 23.0 Å². The van der Waals surface area contributed by atoms with Crippen LogP contribution in [0.4, 0.5) is 20.4 Å². The minimum absolute atomic E-state index is 0.226. The summed E-state index contributed by atoms with van der Waals surface area (Å²) in [7, 11) is 1.70. The summed E-state index contributed by atoms with van der Waals surface area (Å²) in [5.41, 5.74) is 1.86. The van der Waals surface area contributed by atoms with Gasteiger partial charge in [-0.25, -0.2) is 15.0 Å². The molecule has 188 valence electrons. The second-order valence-corrected chi connectivity index (χ2v) is 8.08. The summed E-state index contributed by atoms with van der Waals surface area (Å²) >= 11 is 0. The normalized spacial score (nSPS) is 11.1. The molecule has 0 saturated carbocycles. The number of ether oxygens (including phenoxy) is 1. The number of hydrogen-bond acceptors (Lipinski definition) is 7. The van der Waals surface area contributed by atoms with Crippen molar-refractivity contribution in [3.63, 3.8) is 0 Å². The third-order valence-electron chi connectivity index (χ3n) is 5.66. The van der Waals surface area contributed by atoms with Crippen molar-refractivity contribution >= 4 is 17.5 Å². The van der Waals surface area contributed by atoms with Gasteiger partial charge in [-0.05, 0) is 61.4 Å². The fourth-order valence-corrected chi connectivity index (χ4v) is 3.58. The summed E-state index contributed by atoms with van der Waals surface area (Å²) in [5.74, 6) is -2.32. The summed E-state index contributed by atoms with van der Waals surface area (Å²) in [6.45, 7) is 6.55. The molecule has 2 heterocycles. The molecule has 4 aromatic rings. The van der Waals surface area contributed by atoms with Crippen molar-refractivity contribution in [2.24, 2.45) is 0 Å². The van der Waals surface area contributed by atoms with Crippen molar-refractivity contribution in [3.05, 3.63) is 96.0 Å². The van der Waals surface area contributed by atoms with E-state index in [9.17, 15) is 13.6 Å². The topological polar surface area (TPSA) is 102 Å². The average molecular weight is 503 g/mol. The number of pyridine rings is 1. The minimum atomic E-state index is -3.22. The lowest BCUT2D eigenvalue weighted by molar-refractivity contribution is 0.0519. The van der Waals surface area contributed by atoms with Crippen molar-refractivity contribution in [2.75, 3.05) is 17.7 Å². The first-order chi connectivity index (χ1) is 17.7. The lowest BCUT2D eigenvalue weighted by Gasteiger charge is -2.18. The highest BCUT2D eigenvalue weighted by Crippen LogP contribution is 2.35. The Bertz CT molecular complexity index is 1480. The minimum Gasteiger partial charge on any atom is -0.438 e. The number of benzene rings is 2. The molecule has 0 atom stereocenters. The summed E-state index contributed by atoms with van der Waals surface area (Å²) in [5, 5.41) is 5.57. The van der Waals surface area contributed by atoms with Gasteiger partial charge in [-0.1, -0.05) is 24.8 Å². The quantitative estimate of drug-likeness (QED) is 0.289. The molecule has 4 rings (SSSR count). The Kier molecular flexibility index (Phi) is 7.19. The van der Waals surface area contributed by atoms with E-state index in [-0.39, 0.29) is 28.3 Å². The van der Waals surface area contributed by atoms with E-state index in [0.29, 0.717) is 29.2 Å². The monoisotopic (exact) mass is 502 g/mol. The molecule has 0 bridgehead atoms. The van der Waals surface area contributed by atoms with Gasteiger partial charge in [-0.2, -0.15) is 13.8 Å². The van der Waals surface area contributed by atoms with E-state index >= 15 is 0 Å². The van der Waals surface area contributed by atoms with Crippen LogP contribution >= 0.6 is 0 Å². The number of halogens is 2. The molecule has 0 spiro atoms. The predicted octanol–water partition coefficient (Wildman–Crippen LogP) is 5.91. The number of carbonyl (C=O) groups excluding carboxylic acids is 1. The van der Waals surface area contributed by atoms with E-state index in [0.717, 1.165) is 5.56 Å². The van der Waals surface area contributed by atoms with Crippen LogP contribution in [0.3, 0.4) is 0 Å². The lowest BCUT2D eigenvalue weighted by Crippen LogP contribution is -2.16. The first-order valence-corrected chi connectivity index (χ1v) is 11.3. The number of nitrogens with one attached hydrogen (secondary N) is 2. The zero-order chi connectivity index (χ0) is 26.6. The Morgan fingerprint density at radius 1 is 1.08 bits per heavy atom. The van der Waals surface area contributed by atoms with Gasteiger partial charge in [0, 0.05) is 30.1 Å². The number of nitrogens with zero attached hydrogens (tertiary/aromatic N) is 4. The highest BCUT2D eigenvalue weighted by atomic mass is 19.3. The summed E-state index contributed by atoms with van der Waals surface area (Å²) in [6.07, 6.45) is 3.52. The Labute approximate surface area is 212 Å². The number of amides is 1. The zero-order valence-corrected chi connectivity index (χ0v) is 20.4. The van der Waals surface area contributed by atoms with Crippen LogP contribution in [0.5, 0.6) is 11.6 Å². The van der Waals surface area contributed by atoms with Crippen molar-refractivity contribution < 1.29 is 18.3 Å². The first kappa shape index (κ1) is 25.4. The third kappa shape index (κ3) is 5.43. The van der Waals surface area contributed by atoms with Gasteiger partial charge in [-0.15, -0.1) is 0 Å². The molecule has 8 nitrogen and oxygen atoms in total. The average Bonchev–Trinajstić information content (AvgIpc) is 2.91. The number of aryl methyl sites for hydroxylation is 1. The molecule has 2 aromatic heterocycles. The zero-order valence-electron chi connectivity index (χ0n) is 20.4. The summed E-state index contributed by atoms with van der Waals surface area (Å²) < 4.78 is 34.5. The number of alkyl halides is 2. The van der Waals surface area contributed by atoms with Crippen LogP contribution in [0.15, 0.2) is 73.7 Å². The van der Waals surface area contributed by atoms with Crippen LogP contribution in [0.2, 0.25) is 0 Å². The van der Waals surface area contributed by atoms with Crippen molar-refractivity contribution in [1.82, 2.24) is 19.9 Å². The van der Waals surface area contributed by atoms with E-state index in [1.165, 1.54) is 25.4 Å².